The van der Waals surface area contributed by atoms with Crippen LogP contribution in [-0.4, -0.2) is 45.4 Å². The number of methoxy groups -OCH3 is 2. The zero-order chi connectivity index (χ0) is 21.8. The predicted octanol–water partition coefficient (Wildman–Crippen LogP) is 2.63. The lowest BCUT2D eigenvalue weighted by Gasteiger charge is -2.41. The monoisotopic (exact) mass is 426 g/mol. The van der Waals surface area contributed by atoms with E-state index in [-0.39, 0.29) is 24.4 Å². The standard InChI is InChI=1S/C23H26N2O6/c1-28-16-9-7-15(8-10-16)25-21(26)12-11-19(23(27)31-17-13-24-30-14-17)22(25)18-5-3-4-6-20(18)29-2/h3-10,17,19,22,24H,11-14H2,1-2H3/t17-,19-,22-/m0/s1. The minimum absolute atomic E-state index is 0.0593. The molecular weight excluding hydrogens is 400 g/mol. The van der Waals surface area contributed by atoms with Crippen molar-refractivity contribution < 1.29 is 28.6 Å². The number of esters is 1. The molecule has 0 aliphatic carbocycles. The van der Waals surface area contributed by atoms with Gasteiger partial charge in [0.2, 0.25) is 5.91 Å². The van der Waals surface area contributed by atoms with Crippen LogP contribution in [0, 0.1) is 5.92 Å². The first-order chi connectivity index (χ1) is 15.1. The summed E-state index contributed by atoms with van der Waals surface area (Å²) in [7, 11) is 3.17. The van der Waals surface area contributed by atoms with Gasteiger partial charge < -0.3 is 19.1 Å². The highest BCUT2D eigenvalue weighted by molar-refractivity contribution is 5.97. The number of hydrogen-bond donors (Lipinski definition) is 1. The summed E-state index contributed by atoms with van der Waals surface area (Å²) in [5, 5.41) is 0. The number of ether oxygens (including phenoxy) is 3. The molecular formula is C23H26N2O6. The molecule has 31 heavy (non-hydrogen) atoms. The molecule has 0 saturated carbocycles. The first kappa shape index (κ1) is 21.1. The Morgan fingerprint density at radius 3 is 2.55 bits per heavy atom. The highest BCUT2D eigenvalue weighted by atomic mass is 16.7. The number of hydrogen-bond acceptors (Lipinski definition) is 7. The molecule has 2 aromatic rings. The number of amides is 1. The van der Waals surface area contributed by atoms with E-state index in [2.05, 4.69) is 5.48 Å². The number of anilines is 1. The van der Waals surface area contributed by atoms with Gasteiger partial charge in [0.15, 0.2) is 0 Å². The molecule has 1 amide bonds. The third kappa shape index (κ3) is 4.35. The SMILES string of the molecule is COc1ccc(N2C(=O)CC[C@H](C(=O)O[C@H]3CNOC3)[C@@H]2c2ccccc2OC)cc1. The Labute approximate surface area is 181 Å². The van der Waals surface area contributed by atoms with E-state index in [4.69, 9.17) is 19.0 Å². The summed E-state index contributed by atoms with van der Waals surface area (Å²) in [4.78, 5) is 33.1. The van der Waals surface area contributed by atoms with Crippen molar-refractivity contribution in [3.05, 3.63) is 54.1 Å². The maximum atomic E-state index is 13.2. The predicted molar refractivity (Wildman–Crippen MR) is 113 cm³/mol. The van der Waals surface area contributed by atoms with Crippen LogP contribution in [0.1, 0.15) is 24.4 Å². The average Bonchev–Trinajstić information content (AvgIpc) is 3.32. The normalized spacial score (nSPS) is 23.5. The molecule has 2 saturated heterocycles. The van der Waals surface area contributed by atoms with Gasteiger partial charge in [-0.15, -0.1) is 0 Å². The lowest BCUT2D eigenvalue weighted by molar-refractivity contribution is -0.155. The van der Waals surface area contributed by atoms with Crippen molar-refractivity contribution >= 4 is 17.6 Å². The highest BCUT2D eigenvalue weighted by Crippen LogP contribution is 2.43. The van der Waals surface area contributed by atoms with Gasteiger partial charge in [0, 0.05) is 17.7 Å². The Kier molecular flexibility index (Phi) is 6.39. The lowest BCUT2D eigenvalue weighted by Crippen LogP contribution is -2.46. The van der Waals surface area contributed by atoms with Crippen LogP contribution in [0.15, 0.2) is 48.5 Å². The minimum atomic E-state index is -0.562. The van der Waals surface area contributed by atoms with Crippen LogP contribution in [0.25, 0.3) is 0 Å². The van der Waals surface area contributed by atoms with Crippen LogP contribution in [0.2, 0.25) is 0 Å². The van der Waals surface area contributed by atoms with Crippen LogP contribution in [-0.2, 0) is 19.2 Å². The van der Waals surface area contributed by atoms with Gasteiger partial charge in [-0.1, -0.05) is 18.2 Å². The van der Waals surface area contributed by atoms with Gasteiger partial charge in [-0.05, 0) is 36.8 Å². The van der Waals surface area contributed by atoms with Crippen LogP contribution in [0.4, 0.5) is 5.69 Å². The Balaban J connectivity index is 1.74. The fourth-order valence-corrected chi connectivity index (χ4v) is 4.14. The van der Waals surface area contributed by atoms with E-state index in [9.17, 15) is 9.59 Å². The first-order valence-electron chi connectivity index (χ1n) is 10.3. The Morgan fingerprint density at radius 1 is 1.10 bits per heavy atom. The second kappa shape index (κ2) is 9.36. The number of carbonyl (C=O) groups excluding carboxylic acids is 2. The second-order valence-corrected chi connectivity index (χ2v) is 7.51. The molecule has 0 bridgehead atoms. The number of rotatable bonds is 6. The summed E-state index contributed by atoms with van der Waals surface area (Å²) >= 11 is 0. The molecule has 2 fully saturated rings. The molecule has 8 heteroatoms. The number of para-hydroxylation sites is 1. The van der Waals surface area contributed by atoms with E-state index in [1.54, 1.807) is 31.3 Å². The van der Waals surface area contributed by atoms with Crippen molar-refractivity contribution in [1.29, 1.82) is 0 Å². The third-order valence-electron chi connectivity index (χ3n) is 5.67. The first-order valence-corrected chi connectivity index (χ1v) is 10.3. The number of benzene rings is 2. The number of carbonyl (C=O) groups is 2. The van der Waals surface area contributed by atoms with Gasteiger partial charge in [0.1, 0.15) is 24.2 Å². The average molecular weight is 426 g/mol. The fraction of sp³-hybridized carbons (Fsp3) is 0.391. The minimum Gasteiger partial charge on any atom is -0.497 e. The largest absolute Gasteiger partial charge is 0.497 e. The maximum Gasteiger partial charge on any atom is 0.311 e. The van der Waals surface area contributed by atoms with E-state index in [1.807, 2.05) is 36.4 Å². The Hall–Kier alpha value is -3.10. The number of piperidine rings is 1. The smallest absolute Gasteiger partial charge is 0.311 e. The van der Waals surface area contributed by atoms with Crippen LogP contribution in [0.3, 0.4) is 0 Å². The van der Waals surface area contributed by atoms with Crippen molar-refractivity contribution in [1.82, 2.24) is 5.48 Å². The topological polar surface area (TPSA) is 86.3 Å². The summed E-state index contributed by atoms with van der Waals surface area (Å²) in [6, 6.07) is 14.1. The highest BCUT2D eigenvalue weighted by Gasteiger charge is 2.44. The summed E-state index contributed by atoms with van der Waals surface area (Å²) in [5.74, 6) is 0.350. The summed E-state index contributed by atoms with van der Waals surface area (Å²) in [5.41, 5.74) is 4.17. The molecule has 3 atom stereocenters. The van der Waals surface area contributed by atoms with Crippen LogP contribution >= 0.6 is 0 Å². The molecule has 2 heterocycles. The quantitative estimate of drug-likeness (QED) is 0.711. The van der Waals surface area contributed by atoms with Gasteiger partial charge in [0.25, 0.3) is 0 Å². The van der Waals surface area contributed by atoms with Gasteiger partial charge in [-0.2, -0.15) is 5.48 Å². The molecule has 0 spiro atoms. The van der Waals surface area contributed by atoms with Crippen molar-refractivity contribution in [2.45, 2.75) is 25.0 Å². The van der Waals surface area contributed by atoms with Crippen LogP contribution in [0.5, 0.6) is 11.5 Å². The third-order valence-corrected chi connectivity index (χ3v) is 5.67. The number of hydroxylamine groups is 1. The molecule has 2 aliphatic heterocycles. The number of nitrogens with one attached hydrogen (secondary N) is 1. The van der Waals surface area contributed by atoms with E-state index in [1.165, 1.54) is 0 Å². The Morgan fingerprint density at radius 2 is 1.87 bits per heavy atom. The van der Waals surface area contributed by atoms with Crippen molar-refractivity contribution in [3.8, 4) is 11.5 Å². The van der Waals surface area contributed by atoms with Gasteiger partial charge in [-0.3, -0.25) is 14.4 Å². The van der Waals surface area contributed by atoms with Gasteiger partial charge in [0.05, 0.1) is 32.7 Å². The summed E-state index contributed by atoms with van der Waals surface area (Å²) < 4.78 is 16.5. The molecule has 0 aromatic heterocycles. The van der Waals surface area contributed by atoms with E-state index in [0.29, 0.717) is 36.8 Å². The van der Waals surface area contributed by atoms with Gasteiger partial charge in [-0.25, -0.2) is 0 Å². The molecule has 1 N–H and O–H groups in total. The molecule has 164 valence electrons. The molecule has 0 unspecified atom stereocenters. The fourth-order valence-electron chi connectivity index (χ4n) is 4.14. The summed E-state index contributed by atoms with van der Waals surface area (Å²) in [6.45, 7) is 0.748. The number of nitrogens with zero attached hydrogens (tertiary/aromatic N) is 1. The molecule has 0 radical (unpaired) electrons. The van der Waals surface area contributed by atoms with Crippen LogP contribution < -0.4 is 19.9 Å². The van der Waals surface area contributed by atoms with E-state index < -0.39 is 12.0 Å². The molecule has 2 aromatic carbocycles. The van der Waals surface area contributed by atoms with Crippen molar-refractivity contribution in [2.24, 2.45) is 5.92 Å². The molecule has 2 aliphatic rings. The maximum absolute atomic E-state index is 13.2. The molecule has 8 nitrogen and oxygen atoms in total. The van der Waals surface area contributed by atoms with Crippen molar-refractivity contribution in [2.75, 3.05) is 32.3 Å². The van der Waals surface area contributed by atoms with Gasteiger partial charge >= 0.3 is 5.97 Å². The van der Waals surface area contributed by atoms with Crippen molar-refractivity contribution in [3.63, 3.8) is 0 Å². The summed E-state index contributed by atoms with van der Waals surface area (Å²) in [6.07, 6.45) is 0.295. The van der Waals surface area contributed by atoms with E-state index in [0.717, 1.165) is 5.56 Å². The van der Waals surface area contributed by atoms with E-state index >= 15 is 0 Å². The Bertz CT molecular complexity index is 926. The zero-order valence-corrected chi connectivity index (χ0v) is 17.6. The molecule has 4 rings (SSSR count). The lowest BCUT2D eigenvalue weighted by atomic mass is 9.83. The second-order valence-electron chi connectivity index (χ2n) is 7.51. The zero-order valence-electron chi connectivity index (χ0n) is 17.6.